The van der Waals surface area contributed by atoms with Crippen molar-refractivity contribution in [3.05, 3.63) is 47.4 Å². The smallest absolute Gasteiger partial charge is 0.244 e. The highest BCUT2D eigenvalue weighted by atomic mass is 35.5. The number of ether oxygens (including phenoxy) is 1. The first-order chi connectivity index (χ1) is 9.03. The maximum atomic E-state index is 12.1. The van der Waals surface area contributed by atoms with Gasteiger partial charge in [-0.3, -0.25) is 0 Å². The Hall–Kier alpha value is -1.50. The number of hydrogen-bond donors (Lipinski definition) is 1. The summed E-state index contributed by atoms with van der Waals surface area (Å²) in [5.41, 5.74) is 0. The number of sulfonamides is 1. The molecule has 0 aliphatic carbocycles. The zero-order chi connectivity index (χ0) is 13.9. The predicted octanol–water partition coefficient (Wildman–Crippen LogP) is 2.42. The van der Waals surface area contributed by atoms with Crippen LogP contribution in [0.1, 0.15) is 5.76 Å². The van der Waals surface area contributed by atoms with Crippen LogP contribution in [0.15, 0.2) is 45.9 Å². The van der Waals surface area contributed by atoms with E-state index in [2.05, 4.69) is 4.72 Å². The zero-order valence-corrected chi connectivity index (χ0v) is 11.7. The molecular weight excluding hydrogens is 290 g/mol. The number of methoxy groups -OCH3 is 1. The fraction of sp³-hybridized carbons (Fsp3) is 0.167. The Morgan fingerprint density at radius 3 is 2.79 bits per heavy atom. The van der Waals surface area contributed by atoms with Gasteiger partial charge in [0.25, 0.3) is 0 Å². The van der Waals surface area contributed by atoms with Gasteiger partial charge in [-0.1, -0.05) is 11.6 Å². The Morgan fingerprint density at radius 1 is 1.37 bits per heavy atom. The second-order valence-corrected chi connectivity index (χ2v) is 5.87. The molecule has 1 N–H and O–H groups in total. The summed E-state index contributed by atoms with van der Waals surface area (Å²) in [7, 11) is -2.30. The van der Waals surface area contributed by atoms with E-state index in [0.29, 0.717) is 10.8 Å². The molecule has 7 heteroatoms. The highest BCUT2D eigenvalue weighted by Crippen LogP contribution is 2.27. The van der Waals surface area contributed by atoms with Crippen molar-refractivity contribution in [3.8, 4) is 5.75 Å². The first-order valence-corrected chi connectivity index (χ1v) is 7.24. The van der Waals surface area contributed by atoms with Crippen LogP contribution in [-0.2, 0) is 16.6 Å². The lowest BCUT2D eigenvalue weighted by atomic mass is 10.3. The number of furan rings is 1. The molecule has 19 heavy (non-hydrogen) atoms. The topological polar surface area (TPSA) is 68.5 Å². The third-order valence-corrected chi connectivity index (χ3v) is 4.11. The van der Waals surface area contributed by atoms with E-state index < -0.39 is 10.0 Å². The Morgan fingerprint density at radius 2 is 2.16 bits per heavy atom. The third-order valence-electron chi connectivity index (χ3n) is 2.43. The summed E-state index contributed by atoms with van der Waals surface area (Å²) in [6, 6.07) is 7.70. The molecule has 0 saturated carbocycles. The first-order valence-electron chi connectivity index (χ1n) is 5.38. The van der Waals surface area contributed by atoms with E-state index in [0.717, 1.165) is 0 Å². The molecule has 0 fully saturated rings. The average Bonchev–Trinajstić information content (AvgIpc) is 2.89. The van der Waals surface area contributed by atoms with Gasteiger partial charge >= 0.3 is 0 Å². The fourth-order valence-electron chi connectivity index (χ4n) is 1.52. The molecule has 2 aromatic rings. The minimum atomic E-state index is -3.69. The molecule has 0 atom stereocenters. The number of rotatable bonds is 5. The summed E-state index contributed by atoms with van der Waals surface area (Å²) >= 11 is 5.79. The predicted molar refractivity (Wildman–Crippen MR) is 70.7 cm³/mol. The van der Waals surface area contributed by atoms with E-state index in [4.69, 9.17) is 20.8 Å². The quantitative estimate of drug-likeness (QED) is 0.921. The van der Waals surface area contributed by atoms with Gasteiger partial charge in [-0.15, -0.1) is 0 Å². The van der Waals surface area contributed by atoms with Crippen molar-refractivity contribution in [1.82, 2.24) is 4.72 Å². The summed E-state index contributed by atoms with van der Waals surface area (Å²) in [5, 5.41) is 0.404. The summed E-state index contributed by atoms with van der Waals surface area (Å²) in [5.74, 6) is 0.718. The van der Waals surface area contributed by atoms with Gasteiger partial charge in [0.1, 0.15) is 16.4 Å². The Kier molecular flexibility index (Phi) is 4.14. The molecule has 0 saturated heterocycles. The number of benzene rings is 1. The van der Waals surface area contributed by atoms with Crippen molar-refractivity contribution in [3.63, 3.8) is 0 Å². The molecule has 0 spiro atoms. The average molecular weight is 302 g/mol. The largest absolute Gasteiger partial charge is 0.495 e. The van der Waals surface area contributed by atoms with Crippen LogP contribution in [0.3, 0.4) is 0 Å². The van der Waals surface area contributed by atoms with Gasteiger partial charge in [-0.2, -0.15) is 0 Å². The maximum Gasteiger partial charge on any atom is 0.244 e. The lowest BCUT2D eigenvalue weighted by molar-refractivity contribution is 0.402. The highest BCUT2D eigenvalue weighted by Gasteiger charge is 2.19. The summed E-state index contributed by atoms with van der Waals surface area (Å²) in [6.07, 6.45) is 1.48. The normalized spacial score (nSPS) is 11.5. The van der Waals surface area contributed by atoms with E-state index in [-0.39, 0.29) is 17.2 Å². The fourth-order valence-corrected chi connectivity index (χ4v) is 2.82. The SMILES string of the molecule is COc1cc(Cl)ccc1S(=O)(=O)NCc1ccco1. The zero-order valence-electron chi connectivity index (χ0n) is 10.1. The number of halogens is 1. The van der Waals surface area contributed by atoms with Crippen LogP contribution in [0, 0.1) is 0 Å². The number of hydrogen-bond acceptors (Lipinski definition) is 4. The maximum absolute atomic E-state index is 12.1. The van der Waals surface area contributed by atoms with Crippen molar-refractivity contribution < 1.29 is 17.6 Å². The monoisotopic (exact) mass is 301 g/mol. The van der Waals surface area contributed by atoms with Crippen molar-refractivity contribution >= 4 is 21.6 Å². The van der Waals surface area contributed by atoms with Crippen LogP contribution in [0.5, 0.6) is 5.75 Å². The van der Waals surface area contributed by atoms with E-state index in [1.165, 1.54) is 31.6 Å². The molecular formula is C12H12ClNO4S. The number of nitrogens with one attached hydrogen (secondary N) is 1. The molecule has 1 heterocycles. The lowest BCUT2D eigenvalue weighted by Gasteiger charge is -2.10. The van der Waals surface area contributed by atoms with Gasteiger partial charge in [0.2, 0.25) is 10.0 Å². The van der Waals surface area contributed by atoms with E-state index >= 15 is 0 Å². The van der Waals surface area contributed by atoms with Crippen LogP contribution in [0.4, 0.5) is 0 Å². The van der Waals surface area contributed by atoms with Gasteiger partial charge in [0, 0.05) is 11.1 Å². The van der Waals surface area contributed by atoms with E-state index in [1.807, 2.05) is 0 Å². The summed E-state index contributed by atoms with van der Waals surface area (Å²) in [6.45, 7) is 0.0705. The second-order valence-electron chi connectivity index (χ2n) is 3.70. The van der Waals surface area contributed by atoms with E-state index in [9.17, 15) is 8.42 Å². The lowest BCUT2D eigenvalue weighted by Crippen LogP contribution is -2.23. The molecule has 0 bridgehead atoms. The summed E-state index contributed by atoms with van der Waals surface area (Å²) in [4.78, 5) is 0.0333. The first kappa shape index (κ1) is 13.9. The van der Waals surface area contributed by atoms with Crippen molar-refractivity contribution in [1.29, 1.82) is 0 Å². The van der Waals surface area contributed by atoms with Crippen LogP contribution < -0.4 is 9.46 Å². The minimum Gasteiger partial charge on any atom is -0.495 e. The Bertz CT molecular complexity index is 652. The highest BCUT2D eigenvalue weighted by molar-refractivity contribution is 7.89. The standard InChI is InChI=1S/C12H12ClNO4S/c1-17-11-7-9(13)4-5-12(11)19(15,16)14-8-10-3-2-6-18-10/h2-7,14H,8H2,1H3. The minimum absolute atomic E-state index is 0.0333. The molecule has 0 unspecified atom stereocenters. The van der Waals surface area contributed by atoms with E-state index in [1.54, 1.807) is 12.1 Å². The molecule has 0 aliphatic rings. The Balaban J connectivity index is 2.24. The van der Waals surface area contributed by atoms with Gasteiger partial charge in [-0.25, -0.2) is 13.1 Å². The Labute approximate surface area is 116 Å². The molecule has 0 aliphatic heterocycles. The van der Waals surface area contributed by atoms with Gasteiger partial charge < -0.3 is 9.15 Å². The van der Waals surface area contributed by atoms with Crippen molar-refractivity contribution in [2.45, 2.75) is 11.4 Å². The van der Waals surface area contributed by atoms with Crippen LogP contribution >= 0.6 is 11.6 Å². The van der Waals surface area contributed by atoms with Gasteiger partial charge in [0.15, 0.2) is 0 Å². The molecule has 1 aromatic carbocycles. The van der Waals surface area contributed by atoms with Gasteiger partial charge in [-0.05, 0) is 24.3 Å². The van der Waals surface area contributed by atoms with Crippen molar-refractivity contribution in [2.24, 2.45) is 0 Å². The molecule has 1 aromatic heterocycles. The van der Waals surface area contributed by atoms with Crippen LogP contribution in [-0.4, -0.2) is 15.5 Å². The molecule has 0 radical (unpaired) electrons. The van der Waals surface area contributed by atoms with Crippen LogP contribution in [0.25, 0.3) is 0 Å². The van der Waals surface area contributed by atoms with Gasteiger partial charge in [0.05, 0.1) is 19.9 Å². The molecule has 102 valence electrons. The molecule has 2 rings (SSSR count). The molecule has 0 amide bonds. The van der Waals surface area contributed by atoms with Crippen molar-refractivity contribution in [2.75, 3.05) is 7.11 Å². The summed E-state index contributed by atoms with van der Waals surface area (Å²) < 4.78 is 36.8. The third kappa shape index (κ3) is 3.28. The van der Waals surface area contributed by atoms with Crippen LogP contribution in [0.2, 0.25) is 5.02 Å². The second kappa shape index (κ2) is 5.64. The molecule has 5 nitrogen and oxygen atoms in total.